The van der Waals surface area contributed by atoms with E-state index in [2.05, 4.69) is 4.98 Å². The third-order valence-corrected chi connectivity index (χ3v) is 2.27. The molecule has 0 saturated carbocycles. The Kier molecular flexibility index (Phi) is 1.21. The van der Waals surface area contributed by atoms with Gasteiger partial charge in [0.05, 0.1) is 1.37 Å². The second-order valence-electron chi connectivity index (χ2n) is 3.10. The van der Waals surface area contributed by atoms with Crippen LogP contribution in [0.4, 0.5) is 0 Å². The molecule has 62 valence electrons. The molecule has 2 nitrogen and oxygen atoms in total. The Bertz CT molecular complexity index is 471. The van der Waals surface area contributed by atoms with Crippen molar-refractivity contribution >= 4 is 11.0 Å². The first-order valence-electron chi connectivity index (χ1n) is 4.50. The SMILES string of the molecule is [3H]c1c(C)n(C)c2nccc(C)c12. The minimum atomic E-state index is 0.600. The molecule has 0 unspecified atom stereocenters. The lowest BCUT2D eigenvalue weighted by Gasteiger charge is -1.97. The predicted octanol–water partition coefficient (Wildman–Crippen LogP) is 2.19. The first-order valence-corrected chi connectivity index (χ1v) is 4.00. The average molecular weight is 162 g/mol. The maximum absolute atomic E-state index is 7.89. The highest BCUT2D eigenvalue weighted by molar-refractivity contribution is 5.80. The van der Waals surface area contributed by atoms with Crippen molar-refractivity contribution < 1.29 is 1.37 Å². The van der Waals surface area contributed by atoms with Crippen molar-refractivity contribution in [2.75, 3.05) is 0 Å². The Morgan fingerprint density at radius 2 is 2.25 bits per heavy atom. The molecular formula is C10H12N2. The molecule has 0 radical (unpaired) electrons. The van der Waals surface area contributed by atoms with Gasteiger partial charge in [-0.1, -0.05) is 0 Å². The minimum Gasteiger partial charge on any atom is -0.333 e. The third kappa shape index (κ3) is 0.843. The van der Waals surface area contributed by atoms with Gasteiger partial charge in [0.2, 0.25) is 0 Å². The molecule has 0 spiro atoms. The zero-order valence-electron chi connectivity index (χ0n) is 8.55. The summed E-state index contributed by atoms with van der Waals surface area (Å²) in [5.41, 5.74) is 3.00. The number of hydrogen-bond donors (Lipinski definition) is 0. The van der Waals surface area contributed by atoms with E-state index < -0.39 is 0 Å². The van der Waals surface area contributed by atoms with Crippen molar-refractivity contribution in [3.8, 4) is 0 Å². The van der Waals surface area contributed by atoms with Gasteiger partial charge in [0.25, 0.3) is 0 Å². The molecule has 0 aromatic carbocycles. The van der Waals surface area contributed by atoms with Crippen LogP contribution >= 0.6 is 0 Å². The molecule has 0 N–H and O–H groups in total. The van der Waals surface area contributed by atoms with Crippen LogP contribution in [0.5, 0.6) is 0 Å². The van der Waals surface area contributed by atoms with Crippen LogP contribution in [0, 0.1) is 13.8 Å². The van der Waals surface area contributed by atoms with Gasteiger partial charge in [-0.05, 0) is 31.5 Å². The summed E-state index contributed by atoms with van der Waals surface area (Å²) in [6.07, 6.45) is 1.79. The predicted molar refractivity (Wildman–Crippen MR) is 50.2 cm³/mol. The van der Waals surface area contributed by atoms with Gasteiger partial charge < -0.3 is 4.57 Å². The van der Waals surface area contributed by atoms with E-state index in [1.165, 1.54) is 0 Å². The van der Waals surface area contributed by atoms with E-state index in [1.54, 1.807) is 6.20 Å². The van der Waals surface area contributed by atoms with Crippen molar-refractivity contribution in [1.82, 2.24) is 9.55 Å². The first kappa shape index (κ1) is 6.23. The van der Waals surface area contributed by atoms with Gasteiger partial charge in [-0.15, -0.1) is 0 Å². The Morgan fingerprint density at radius 1 is 1.50 bits per heavy atom. The van der Waals surface area contributed by atoms with Gasteiger partial charge in [0.15, 0.2) is 0 Å². The molecule has 0 aliphatic carbocycles. The highest BCUT2D eigenvalue weighted by Gasteiger charge is 2.03. The van der Waals surface area contributed by atoms with Gasteiger partial charge in [0, 0.05) is 24.3 Å². The summed E-state index contributed by atoms with van der Waals surface area (Å²) < 4.78 is 9.85. The molecule has 0 bridgehead atoms. The van der Waals surface area contributed by atoms with Crippen LogP contribution in [0.1, 0.15) is 12.6 Å². The average Bonchev–Trinajstić information content (AvgIpc) is 2.33. The number of pyridine rings is 1. The summed E-state index contributed by atoms with van der Waals surface area (Å²) >= 11 is 0. The molecule has 2 rings (SSSR count). The zero-order valence-corrected chi connectivity index (χ0v) is 7.55. The molecule has 12 heavy (non-hydrogen) atoms. The monoisotopic (exact) mass is 162 g/mol. The zero-order chi connectivity index (χ0) is 9.59. The van der Waals surface area contributed by atoms with Crippen LogP contribution in [0.2, 0.25) is 0 Å². The molecule has 2 heterocycles. The number of rotatable bonds is 0. The fraction of sp³-hybridized carbons (Fsp3) is 0.300. The molecule has 0 atom stereocenters. The van der Waals surface area contributed by atoms with Crippen molar-refractivity contribution in [2.45, 2.75) is 13.8 Å². The summed E-state index contributed by atoms with van der Waals surface area (Å²) in [5, 5.41) is 0.975. The number of fused-ring (bicyclic) bond motifs is 1. The minimum absolute atomic E-state index is 0.600. The van der Waals surface area contributed by atoms with Crippen molar-refractivity contribution in [3.63, 3.8) is 0 Å². The fourth-order valence-electron chi connectivity index (χ4n) is 1.38. The number of hydrogen-bond acceptors (Lipinski definition) is 1. The summed E-state index contributed by atoms with van der Waals surface area (Å²) in [4.78, 5) is 4.27. The summed E-state index contributed by atoms with van der Waals surface area (Å²) in [5.74, 6) is 0. The Morgan fingerprint density at radius 3 is 2.92 bits per heavy atom. The largest absolute Gasteiger partial charge is 0.333 e. The van der Waals surface area contributed by atoms with E-state index in [-0.39, 0.29) is 0 Å². The van der Waals surface area contributed by atoms with Crippen LogP contribution in [0.15, 0.2) is 18.3 Å². The highest BCUT2D eigenvalue weighted by Crippen LogP contribution is 2.18. The van der Waals surface area contributed by atoms with E-state index in [0.717, 1.165) is 22.3 Å². The number of nitrogens with zero attached hydrogens (tertiary/aromatic N) is 2. The van der Waals surface area contributed by atoms with Crippen molar-refractivity contribution in [3.05, 3.63) is 29.6 Å². The van der Waals surface area contributed by atoms with Crippen molar-refractivity contribution in [1.29, 1.82) is 0 Å². The number of aromatic nitrogens is 2. The molecule has 0 aliphatic rings. The molecule has 0 amide bonds. The normalized spacial score (nSPS) is 12.1. The third-order valence-electron chi connectivity index (χ3n) is 2.27. The van der Waals surface area contributed by atoms with Crippen LogP contribution < -0.4 is 0 Å². The van der Waals surface area contributed by atoms with Crippen LogP contribution in [-0.2, 0) is 7.05 Å². The van der Waals surface area contributed by atoms with E-state index >= 15 is 0 Å². The quantitative estimate of drug-likeness (QED) is 0.580. The van der Waals surface area contributed by atoms with E-state index in [9.17, 15) is 0 Å². The topological polar surface area (TPSA) is 17.8 Å². The Balaban J connectivity index is 3.03. The highest BCUT2D eigenvalue weighted by atomic mass is 15.0. The standard InChI is InChI=1S/C10H12N2/c1-7-4-5-11-10-9(7)6-8(2)12(10)3/h4-6H,1-3H3/i6T. The van der Waals surface area contributed by atoms with Gasteiger partial charge >= 0.3 is 0 Å². The molecule has 2 aromatic rings. The number of aryl methyl sites for hydroxylation is 2. The molecule has 0 fully saturated rings. The summed E-state index contributed by atoms with van der Waals surface area (Å²) in [6.45, 7) is 3.96. The van der Waals surface area contributed by atoms with Crippen molar-refractivity contribution in [2.24, 2.45) is 7.05 Å². The molecule has 0 aliphatic heterocycles. The van der Waals surface area contributed by atoms with E-state index in [1.807, 2.05) is 31.5 Å². The van der Waals surface area contributed by atoms with Gasteiger partial charge in [-0.3, -0.25) is 0 Å². The van der Waals surface area contributed by atoms with Gasteiger partial charge in [-0.2, -0.15) is 0 Å². The molecule has 0 saturated heterocycles. The van der Waals surface area contributed by atoms with E-state index in [4.69, 9.17) is 1.37 Å². The molecule has 2 heteroatoms. The van der Waals surface area contributed by atoms with Gasteiger partial charge in [-0.25, -0.2) is 4.98 Å². The smallest absolute Gasteiger partial charge is 0.140 e. The maximum atomic E-state index is 7.89. The lowest BCUT2D eigenvalue weighted by atomic mass is 10.2. The lowest BCUT2D eigenvalue weighted by Crippen LogP contribution is -1.91. The van der Waals surface area contributed by atoms with E-state index in [0.29, 0.717) is 6.04 Å². The summed E-state index contributed by atoms with van der Waals surface area (Å²) in [7, 11) is 1.95. The second-order valence-corrected chi connectivity index (χ2v) is 3.10. The Labute approximate surface area is 73.3 Å². The van der Waals surface area contributed by atoms with Crippen LogP contribution in [-0.4, -0.2) is 9.55 Å². The summed E-state index contributed by atoms with van der Waals surface area (Å²) in [6, 6.07) is 2.54. The maximum Gasteiger partial charge on any atom is 0.140 e. The fourth-order valence-corrected chi connectivity index (χ4v) is 1.38. The molecule has 2 aromatic heterocycles. The van der Waals surface area contributed by atoms with Gasteiger partial charge in [0.1, 0.15) is 5.65 Å². The molecular weight excluding hydrogens is 148 g/mol. The second kappa shape index (κ2) is 2.34. The van der Waals surface area contributed by atoms with Crippen LogP contribution in [0.3, 0.4) is 0 Å². The van der Waals surface area contributed by atoms with Crippen LogP contribution in [0.25, 0.3) is 11.0 Å². The first-order chi connectivity index (χ1) is 6.13. The Hall–Kier alpha value is -1.31. The lowest BCUT2D eigenvalue weighted by molar-refractivity contribution is 0.902.